The van der Waals surface area contributed by atoms with Crippen LogP contribution in [0.25, 0.3) is 0 Å². The van der Waals surface area contributed by atoms with E-state index in [1.165, 1.54) is 0 Å². The Morgan fingerprint density at radius 3 is 2.43 bits per heavy atom. The summed E-state index contributed by atoms with van der Waals surface area (Å²) in [4.78, 5) is 2.42. The van der Waals surface area contributed by atoms with Crippen molar-refractivity contribution in [1.82, 2.24) is 10.2 Å². The normalized spacial score (nSPS) is 17.5. The van der Waals surface area contributed by atoms with Gasteiger partial charge in [-0.25, -0.2) is 13.6 Å². The van der Waals surface area contributed by atoms with Crippen LogP contribution in [0.2, 0.25) is 0 Å². The molecule has 2 rings (SSSR count). The molecule has 3 N–H and O–H groups in total. The van der Waals surface area contributed by atoms with Crippen LogP contribution in [0.4, 0.5) is 0 Å². The lowest BCUT2D eigenvalue weighted by Gasteiger charge is -2.31. The first kappa shape index (κ1) is 16.0. The molecule has 0 unspecified atom stereocenters. The van der Waals surface area contributed by atoms with Crippen LogP contribution in [0, 0.1) is 12.3 Å². The quantitative estimate of drug-likeness (QED) is 0.778. The van der Waals surface area contributed by atoms with Gasteiger partial charge in [0.15, 0.2) is 0 Å². The smallest absolute Gasteiger partial charge is 0.238 e. The fraction of sp³-hybridized carbons (Fsp3) is 0.467. The van der Waals surface area contributed by atoms with E-state index >= 15 is 0 Å². The third-order valence-electron chi connectivity index (χ3n) is 3.75. The summed E-state index contributed by atoms with van der Waals surface area (Å²) in [6.07, 6.45) is 7.47. The zero-order chi connectivity index (χ0) is 15.3. The van der Waals surface area contributed by atoms with Crippen molar-refractivity contribution >= 4 is 10.0 Å². The molecule has 6 heteroatoms. The summed E-state index contributed by atoms with van der Waals surface area (Å²) in [5, 5.41) is 8.57. The molecular weight excluding hydrogens is 286 g/mol. The zero-order valence-corrected chi connectivity index (χ0v) is 12.8. The Balaban J connectivity index is 1.80. The number of likely N-dealkylation sites (tertiary alicyclic amines) is 1. The maximum absolute atomic E-state index is 11.2. The van der Waals surface area contributed by atoms with Crippen molar-refractivity contribution in [2.75, 3.05) is 19.6 Å². The van der Waals surface area contributed by atoms with Crippen LogP contribution >= 0.6 is 0 Å². The molecule has 0 spiro atoms. The van der Waals surface area contributed by atoms with Gasteiger partial charge in [-0.05, 0) is 30.5 Å². The van der Waals surface area contributed by atoms with Crippen LogP contribution in [0.3, 0.4) is 0 Å². The van der Waals surface area contributed by atoms with Gasteiger partial charge in [-0.3, -0.25) is 4.90 Å². The fourth-order valence-corrected chi connectivity index (χ4v) is 3.00. The zero-order valence-electron chi connectivity index (χ0n) is 12.0. The lowest BCUT2D eigenvalue weighted by Crippen LogP contribution is -2.42. The number of nitrogens with two attached hydrogens (primary N) is 1. The van der Waals surface area contributed by atoms with Crippen LogP contribution in [-0.4, -0.2) is 39.0 Å². The Morgan fingerprint density at radius 2 is 1.90 bits per heavy atom. The van der Waals surface area contributed by atoms with Gasteiger partial charge in [0.25, 0.3) is 0 Å². The maximum atomic E-state index is 11.2. The van der Waals surface area contributed by atoms with Crippen LogP contribution in [0.15, 0.2) is 29.2 Å². The summed E-state index contributed by atoms with van der Waals surface area (Å²) in [5.41, 5.74) is 1.05. The van der Waals surface area contributed by atoms with E-state index in [1.807, 2.05) is 0 Å². The third-order valence-corrected chi connectivity index (χ3v) is 4.68. The second kappa shape index (κ2) is 7.05. The van der Waals surface area contributed by atoms with E-state index in [9.17, 15) is 8.42 Å². The van der Waals surface area contributed by atoms with Crippen molar-refractivity contribution in [3.05, 3.63) is 29.8 Å². The van der Waals surface area contributed by atoms with E-state index in [-0.39, 0.29) is 4.90 Å². The molecule has 1 aromatic rings. The Hall–Kier alpha value is -1.39. The largest absolute Gasteiger partial charge is 0.310 e. The minimum atomic E-state index is -3.61. The average Bonchev–Trinajstić information content (AvgIpc) is 2.46. The highest BCUT2D eigenvalue weighted by atomic mass is 32.2. The average molecular weight is 307 g/mol. The van der Waals surface area contributed by atoms with Gasteiger partial charge in [-0.1, -0.05) is 18.1 Å². The van der Waals surface area contributed by atoms with E-state index in [4.69, 9.17) is 11.6 Å². The predicted octanol–water partition coefficient (Wildman–Crippen LogP) is 0.521. The molecule has 5 nitrogen and oxygen atoms in total. The number of hydrogen-bond donors (Lipinski definition) is 2. The number of piperidine rings is 1. The number of rotatable bonds is 5. The van der Waals surface area contributed by atoms with Gasteiger partial charge in [0.1, 0.15) is 0 Å². The second-order valence-electron chi connectivity index (χ2n) is 5.32. The molecule has 21 heavy (non-hydrogen) atoms. The van der Waals surface area contributed by atoms with Crippen molar-refractivity contribution in [3.63, 3.8) is 0 Å². The minimum absolute atomic E-state index is 0.147. The summed E-state index contributed by atoms with van der Waals surface area (Å²) >= 11 is 0. The van der Waals surface area contributed by atoms with Crippen molar-refractivity contribution in [2.24, 2.45) is 5.14 Å². The van der Waals surface area contributed by atoms with Crippen LogP contribution in [-0.2, 0) is 16.6 Å². The van der Waals surface area contributed by atoms with Crippen LogP contribution in [0.1, 0.15) is 18.4 Å². The van der Waals surface area contributed by atoms with E-state index in [2.05, 4.69) is 16.1 Å². The number of terminal acetylenes is 1. The van der Waals surface area contributed by atoms with Gasteiger partial charge >= 0.3 is 0 Å². The molecule has 0 aromatic heterocycles. The first-order chi connectivity index (χ1) is 9.99. The summed E-state index contributed by atoms with van der Waals surface area (Å²) in [5.74, 6) is 2.67. The third kappa shape index (κ3) is 4.83. The monoisotopic (exact) mass is 307 g/mol. The molecule has 0 saturated carbocycles. The van der Waals surface area contributed by atoms with Crippen molar-refractivity contribution in [2.45, 2.75) is 30.3 Å². The predicted molar refractivity (Wildman–Crippen MR) is 82.9 cm³/mol. The van der Waals surface area contributed by atoms with Crippen LogP contribution < -0.4 is 10.5 Å². The molecule has 0 bridgehead atoms. The summed E-state index contributed by atoms with van der Waals surface area (Å²) < 4.78 is 22.4. The molecule has 1 saturated heterocycles. The standard InChI is InChI=1S/C15H21N3O2S/c1-2-9-18-10-7-14(8-11-18)17-12-13-3-5-15(6-4-13)21(16,19)20/h1,3-6,14,17H,7-12H2,(H2,16,19,20). The number of nitrogens with one attached hydrogen (secondary N) is 1. The Labute approximate surface area is 126 Å². The first-order valence-electron chi connectivity index (χ1n) is 7.00. The van der Waals surface area contributed by atoms with Crippen molar-refractivity contribution in [1.29, 1.82) is 0 Å². The van der Waals surface area contributed by atoms with Crippen molar-refractivity contribution < 1.29 is 8.42 Å². The molecule has 114 valence electrons. The molecule has 1 heterocycles. The van der Waals surface area contributed by atoms with Gasteiger partial charge < -0.3 is 5.32 Å². The molecule has 1 fully saturated rings. The number of primary sulfonamides is 1. The lowest BCUT2D eigenvalue weighted by molar-refractivity contribution is 0.217. The van der Waals surface area contributed by atoms with Crippen LogP contribution in [0.5, 0.6) is 0 Å². The minimum Gasteiger partial charge on any atom is -0.310 e. The maximum Gasteiger partial charge on any atom is 0.238 e. The van der Waals surface area contributed by atoms with Crippen molar-refractivity contribution in [3.8, 4) is 12.3 Å². The van der Waals surface area contributed by atoms with Gasteiger partial charge in [0.05, 0.1) is 11.4 Å². The van der Waals surface area contributed by atoms with Gasteiger partial charge in [-0.15, -0.1) is 6.42 Å². The molecule has 1 aliphatic rings. The highest BCUT2D eigenvalue weighted by molar-refractivity contribution is 7.89. The van der Waals surface area contributed by atoms with Gasteiger partial charge in [0.2, 0.25) is 10.0 Å². The molecule has 0 aliphatic carbocycles. The Bertz CT molecular complexity index is 597. The lowest BCUT2D eigenvalue weighted by atomic mass is 10.0. The second-order valence-corrected chi connectivity index (χ2v) is 6.89. The summed E-state index contributed by atoms with van der Waals surface area (Å²) in [7, 11) is -3.61. The van der Waals surface area contributed by atoms with E-state index in [1.54, 1.807) is 24.3 Å². The van der Waals surface area contributed by atoms with Gasteiger partial charge in [-0.2, -0.15) is 0 Å². The topological polar surface area (TPSA) is 75.4 Å². The molecule has 1 aromatic carbocycles. The number of benzene rings is 1. The molecule has 0 radical (unpaired) electrons. The molecular formula is C15H21N3O2S. The molecule has 1 aliphatic heterocycles. The van der Waals surface area contributed by atoms with E-state index in [0.717, 1.165) is 44.6 Å². The fourth-order valence-electron chi connectivity index (χ4n) is 2.48. The SMILES string of the molecule is C#CCN1CCC(NCc2ccc(S(N)(=O)=O)cc2)CC1. The number of nitrogens with zero attached hydrogens (tertiary/aromatic N) is 1. The van der Waals surface area contributed by atoms with E-state index in [0.29, 0.717) is 6.04 Å². The summed E-state index contributed by atoms with van der Waals surface area (Å²) in [6.45, 7) is 3.49. The number of hydrogen-bond acceptors (Lipinski definition) is 4. The highest BCUT2D eigenvalue weighted by Gasteiger charge is 2.17. The molecule has 0 atom stereocenters. The Kier molecular flexibility index (Phi) is 5.37. The van der Waals surface area contributed by atoms with E-state index < -0.39 is 10.0 Å². The first-order valence-corrected chi connectivity index (χ1v) is 8.54. The number of sulfonamides is 1. The summed E-state index contributed by atoms with van der Waals surface area (Å²) in [6, 6.07) is 7.15. The van der Waals surface area contributed by atoms with Gasteiger partial charge in [0, 0.05) is 25.7 Å². The Morgan fingerprint density at radius 1 is 1.29 bits per heavy atom. The highest BCUT2D eigenvalue weighted by Crippen LogP contribution is 2.12. The molecule has 0 amide bonds.